The number of ether oxygens (including phenoxy) is 1. The molecule has 1 aliphatic heterocycles. The summed E-state index contributed by atoms with van der Waals surface area (Å²) in [5, 5.41) is 0. The number of amides is 1. The Bertz CT molecular complexity index is 366. The molecule has 88 valence electrons. The molecule has 1 unspecified atom stereocenters. The van der Waals surface area contributed by atoms with E-state index < -0.39 is 0 Å². The number of nitrogens with zero attached hydrogens (tertiary/aromatic N) is 1. The summed E-state index contributed by atoms with van der Waals surface area (Å²) < 4.78 is 10.8. The van der Waals surface area contributed by atoms with Crippen LogP contribution in [0.5, 0.6) is 0 Å². The van der Waals surface area contributed by atoms with Gasteiger partial charge in [-0.2, -0.15) is 0 Å². The van der Waals surface area contributed by atoms with Crippen molar-refractivity contribution >= 4 is 5.91 Å². The van der Waals surface area contributed by atoms with Crippen LogP contribution in [0.2, 0.25) is 0 Å². The Morgan fingerprint density at radius 2 is 2.38 bits per heavy atom. The van der Waals surface area contributed by atoms with E-state index in [9.17, 15) is 4.79 Å². The third kappa shape index (κ3) is 2.44. The smallest absolute Gasteiger partial charge is 0.251 e. The van der Waals surface area contributed by atoms with Gasteiger partial charge in [0, 0.05) is 13.7 Å². The largest absolute Gasteiger partial charge is 0.464 e. The van der Waals surface area contributed by atoms with Crippen molar-refractivity contribution in [2.24, 2.45) is 0 Å². The number of carbonyl (C=O) groups excluding carboxylic acids is 1. The minimum atomic E-state index is -0.249. The number of hydrogen-bond donors (Lipinski definition) is 0. The molecule has 0 saturated carbocycles. The lowest BCUT2D eigenvalue weighted by molar-refractivity contribution is -0.140. The molecular formula is C12H17NO3. The third-order valence-electron chi connectivity index (χ3n) is 2.77. The Kier molecular flexibility index (Phi) is 3.29. The van der Waals surface area contributed by atoms with E-state index in [2.05, 4.69) is 0 Å². The van der Waals surface area contributed by atoms with Gasteiger partial charge in [0.2, 0.25) is 0 Å². The Labute approximate surface area is 95.2 Å². The van der Waals surface area contributed by atoms with E-state index in [-0.39, 0.29) is 12.0 Å². The van der Waals surface area contributed by atoms with E-state index in [1.807, 2.05) is 19.1 Å². The highest BCUT2D eigenvalue weighted by Crippen LogP contribution is 2.16. The molecule has 1 saturated heterocycles. The Morgan fingerprint density at radius 3 is 2.94 bits per heavy atom. The first kappa shape index (κ1) is 11.2. The van der Waals surface area contributed by atoms with Crippen molar-refractivity contribution in [3.63, 3.8) is 0 Å². The van der Waals surface area contributed by atoms with Crippen LogP contribution in [0.4, 0.5) is 0 Å². The number of rotatable bonds is 3. The Balaban J connectivity index is 1.91. The van der Waals surface area contributed by atoms with Crippen LogP contribution >= 0.6 is 0 Å². The summed E-state index contributed by atoms with van der Waals surface area (Å²) in [5.74, 6) is 1.73. The molecule has 1 fully saturated rings. The normalized spacial score (nSPS) is 20.0. The standard InChI is InChI=1S/C12H17NO3/c1-9-5-6-10(16-9)8-13(2)12(14)11-4-3-7-15-11/h5-6,11H,3-4,7-8H2,1-2H3. The SMILES string of the molecule is Cc1ccc(CN(C)C(=O)C2CCCO2)o1. The lowest BCUT2D eigenvalue weighted by Gasteiger charge is -2.19. The molecular weight excluding hydrogens is 206 g/mol. The summed E-state index contributed by atoms with van der Waals surface area (Å²) in [6.07, 6.45) is 1.56. The molecule has 0 aliphatic carbocycles. The maximum Gasteiger partial charge on any atom is 0.251 e. The van der Waals surface area contributed by atoms with Gasteiger partial charge in [0.15, 0.2) is 0 Å². The van der Waals surface area contributed by atoms with Crippen molar-refractivity contribution in [3.8, 4) is 0 Å². The summed E-state index contributed by atoms with van der Waals surface area (Å²) >= 11 is 0. The average molecular weight is 223 g/mol. The second-order valence-corrected chi connectivity index (χ2v) is 4.21. The summed E-state index contributed by atoms with van der Waals surface area (Å²) in [4.78, 5) is 13.6. The fourth-order valence-electron chi connectivity index (χ4n) is 1.90. The van der Waals surface area contributed by atoms with E-state index in [1.54, 1.807) is 11.9 Å². The minimum absolute atomic E-state index is 0.0477. The summed E-state index contributed by atoms with van der Waals surface area (Å²) in [7, 11) is 1.78. The number of carbonyl (C=O) groups is 1. The summed E-state index contributed by atoms with van der Waals surface area (Å²) in [5.41, 5.74) is 0. The molecule has 4 heteroatoms. The van der Waals surface area contributed by atoms with Crippen LogP contribution in [0.3, 0.4) is 0 Å². The van der Waals surface area contributed by atoms with Crippen LogP contribution in [0.25, 0.3) is 0 Å². The first-order valence-corrected chi connectivity index (χ1v) is 5.58. The van der Waals surface area contributed by atoms with E-state index in [4.69, 9.17) is 9.15 Å². The quantitative estimate of drug-likeness (QED) is 0.783. The summed E-state index contributed by atoms with van der Waals surface area (Å²) in [6.45, 7) is 3.10. The number of likely N-dealkylation sites (N-methyl/N-ethyl adjacent to an activating group) is 1. The van der Waals surface area contributed by atoms with E-state index in [0.717, 1.165) is 24.4 Å². The van der Waals surface area contributed by atoms with Gasteiger partial charge in [-0.3, -0.25) is 4.79 Å². The van der Waals surface area contributed by atoms with Gasteiger partial charge in [0.1, 0.15) is 17.6 Å². The van der Waals surface area contributed by atoms with Gasteiger partial charge in [-0.05, 0) is 31.9 Å². The van der Waals surface area contributed by atoms with Gasteiger partial charge in [-0.25, -0.2) is 0 Å². The topological polar surface area (TPSA) is 42.7 Å². The number of aryl methyl sites for hydroxylation is 1. The Morgan fingerprint density at radius 1 is 1.56 bits per heavy atom. The second kappa shape index (κ2) is 4.70. The van der Waals surface area contributed by atoms with Crippen LogP contribution in [0.1, 0.15) is 24.4 Å². The first-order valence-electron chi connectivity index (χ1n) is 5.58. The van der Waals surface area contributed by atoms with Crippen molar-refractivity contribution in [3.05, 3.63) is 23.7 Å². The number of hydrogen-bond acceptors (Lipinski definition) is 3. The maximum absolute atomic E-state index is 11.9. The fraction of sp³-hybridized carbons (Fsp3) is 0.583. The van der Waals surface area contributed by atoms with E-state index >= 15 is 0 Å². The predicted octanol–water partition coefficient (Wildman–Crippen LogP) is 1.73. The first-order chi connectivity index (χ1) is 7.66. The second-order valence-electron chi connectivity index (χ2n) is 4.21. The molecule has 1 aromatic rings. The van der Waals surface area contributed by atoms with Crippen LogP contribution in [-0.2, 0) is 16.1 Å². The van der Waals surface area contributed by atoms with Crippen molar-refractivity contribution in [1.82, 2.24) is 4.90 Å². The van der Waals surface area contributed by atoms with Crippen LogP contribution < -0.4 is 0 Å². The molecule has 0 bridgehead atoms. The zero-order valence-corrected chi connectivity index (χ0v) is 9.73. The Hall–Kier alpha value is -1.29. The van der Waals surface area contributed by atoms with Gasteiger partial charge in [-0.1, -0.05) is 0 Å². The molecule has 1 aromatic heterocycles. The van der Waals surface area contributed by atoms with Gasteiger partial charge < -0.3 is 14.1 Å². The predicted molar refractivity (Wildman–Crippen MR) is 58.9 cm³/mol. The molecule has 2 heterocycles. The lowest BCUT2D eigenvalue weighted by Crippen LogP contribution is -2.35. The van der Waals surface area contributed by atoms with Crippen LogP contribution in [-0.4, -0.2) is 30.6 Å². The monoisotopic (exact) mass is 223 g/mol. The van der Waals surface area contributed by atoms with Crippen molar-refractivity contribution in [2.45, 2.75) is 32.4 Å². The number of furan rings is 1. The van der Waals surface area contributed by atoms with Crippen molar-refractivity contribution < 1.29 is 13.9 Å². The zero-order valence-electron chi connectivity index (χ0n) is 9.73. The molecule has 0 N–H and O–H groups in total. The lowest BCUT2D eigenvalue weighted by atomic mass is 10.2. The highest BCUT2D eigenvalue weighted by molar-refractivity contribution is 5.80. The molecule has 0 aromatic carbocycles. The molecule has 1 atom stereocenters. The van der Waals surface area contributed by atoms with Gasteiger partial charge in [-0.15, -0.1) is 0 Å². The average Bonchev–Trinajstić information content (AvgIpc) is 2.88. The zero-order chi connectivity index (χ0) is 11.5. The van der Waals surface area contributed by atoms with Gasteiger partial charge >= 0.3 is 0 Å². The maximum atomic E-state index is 11.9. The van der Waals surface area contributed by atoms with E-state index in [1.165, 1.54) is 0 Å². The molecule has 2 rings (SSSR count). The molecule has 1 aliphatic rings. The molecule has 0 radical (unpaired) electrons. The molecule has 1 amide bonds. The third-order valence-corrected chi connectivity index (χ3v) is 2.77. The van der Waals surface area contributed by atoms with Gasteiger partial charge in [0.05, 0.1) is 6.54 Å². The van der Waals surface area contributed by atoms with Gasteiger partial charge in [0.25, 0.3) is 5.91 Å². The molecule has 4 nitrogen and oxygen atoms in total. The van der Waals surface area contributed by atoms with Crippen LogP contribution in [0.15, 0.2) is 16.5 Å². The highest BCUT2D eigenvalue weighted by Gasteiger charge is 2.26. The summed E-state index contributed by atoms with van der Waals surface area (Å²) in [6, 6.07) is 3.80. The highest BCUT2D eigenvalue weighted by atomic mass is 16.5. The molecule has 0 spiro atoms. The molecule has 16 heavy (non-hydrogen) atoms. The minimum Gasteiger partial charge on any atom is -0.464 e. The van der Waals surface area contributed by atoms with Crippen molar-refractivity contribution in [1.29, 1.82) is 0 Å². The van der Waals surface area contributed by atoms with Crippen molar-refractivity contribution in [2.75, 3.05) is 13.7 Å². The van der Waals surface area contributed by atoms with Crippen LogP contribution in [0, 0.1) is 6.92 Å². The van der Waals surface area contributed by atoms with E-state index in [0.29, 0.717) is 13.2 Å². The fourth-order valence-corrected chi connectivity index (χ4v) is 1.90.